The third-order valence-electron chi connectivity index (χ3n) is 6.75. The number of aromatic amines is 1. The lowest BCUT2D eigenvalue weighted by atomic mass is 10.0. The number of carbonyl (C=O) groups is 3. The van der Waals surface area contributed by atoms with E-state index in [4.69, 9.17) is 15.0 Å². The lowest BCUT2D eigenvalue weighted by Gasteiger charge is -2.49. The minimum Gasteiger partial charge on any atom is -0.503 e. The number of aromatic hydroxyl groups is 1. The summed E-state index contributed by atoms with van der Waals surface area (Å²) in [6, 6.07) is 5.62. The van der Waals surface area contributed by atoms with Crippen LogP contribution >= 0.6 is 34.9 Å². The maximum atomic E-state index is 13.4. The monoisotopic (exact) mass is 698 g/mol. The summed E-state index contributed by atoms with van der Waals surface area (Å²) in [4.78, 5) is 63.8. The number of thioether (sulfide) groups is 2. The first-order valence-electron chi connectivity index (χ1n) is 13.6. The summed E-state index contributed by atoms with van der Waals surface area (Å²) in [5.41, 5.74) is 5.79. The number of rotatable bonds is 12. The molecule has 1 fully saturated rings. The number of aromatic nitrogens is 5. The molecule has 0 saturated carbocycles. The van der Waals surface area contributed by atoms with Gasteiger partial charge in [-0.2, -0.15) is 0 Å². The van der Waals surface area contributed by atoms with Crippen molar-refractivity contribution in [3.63, 3.8) is 0 Å². The average Bonchev–Trinajstić information content (AvgIpc) is 3.72. The zero-order valence-corrected chi connectivity index (χ0v) is 26.4. The number of nitrogen functional groups attached to an aromatic ring is 1. The number of β-lactam (4-membered cyclic amide) rings is 1. The van der Waals surface area contributed by atoms with E-state index in [2.05, 4.69) is 30.6 Å². The molecule has 2 atom stereocenters. The van der Waals surface area contributed by atoms with Crippen molar-refractivity contribution < 1.29 is 38.4 Å². The Morgan fingerprint density at radius 3 is 2.81 bits per heavy atom. The Morgan fingerprint density at radius 2 is 2.09 bits per heavy atom. The summed E-state index contributed by atoms with van der Waals surface area (Å²) < 4.78 is 7.33. The van der Waals surface area contributed by atoms with Crippen molar-refractivity contribution in [2.24, 2.45) is 5.16 Å². The molecule has 6 heterocycles. The first-order valence-corrected chi connectivity index (χ1v) is 16.6. The number of aliphatic carboxylic acids is 1. The van der Waals surface area contributed by atoms with Crippen LogP contribution in [0, 0.1) is 0 Å². The number of nitrogens with zero attached hydrogens (tertiary/aromatic N) is 6. The number of carbonyl (C=O) groups excluding carboxylic acids is 2. The van der Waals surface area contributed by atoms with E-state index in [1.165, 1.54) is 22.0 Å². The third kappa shape index (κ3) is 6.83. The van der Waals surface area contributed by atoms with Gasteiger partial charge in [0, 0.05) is 46.9 Å². The van der Waals surface area contributed by atoms with Gasteiger partial charge in [0.2, 0.25) is 5.43 Å². The Bertz CT molecular complexity index is 1960. The topological polar surface area (TPSA) is 243 Å². The van der Waals surface area contributed by atoms with Crippen molar-refractivity contribution in [3.8, 4) is 17.3 Å². The first kappa shape index (κ1) is 31.8. The summed E-state index contributed by atoms with van der Waals surface area (Å²) in [7, 11) is 0. The average molecular weight is 699 g/mol. The van der Waals surface area contributed by atoms with Crippen LogP contribution in [0.1, 0.15) is 5.69 Å². The highest BCUT2D eigenvalue weighted by molar-refractivity contribution is 8.00. The first-order chi connectivity index (χ1) is 22.7. The molecule has 20 heteroatoms. The van der Waals surface area contributed by atoms with E-state index in [-0.39, 0.29) is 51.4 Å². The Morgan fingerprint density at radius 1 is 1.28 bits per heavy atom. The number of thiazole rings is 1. The van der Waals surface area contributed by atoms with Crippen LogP contribution in [0.4, 0.5) is 5.13 Å². The van der Waals surface area contributed by atoms with Gasteiger partial charge in [0.05, 0.1) is 0 Å². The maximum absolute atomic E-state index is 13.4. The quantitative estimate of drug-likeness (QED) is 0.0336. The van der Waals surface area contributed by atoms with Crippen LogP contribution in [-0.2, 0) is 25.8 Å². The highest BCUT2D eigenvalue weighted by atomic mass is 32.2. The second-order valence-corrected chi connectivity index (χ2v) is 12.9. The predicted octanol–water partition coefficient (Wildman–Crippen LogP) is 0.409. The van der Waals surface area contributed by atoms with E-state index >= 15 is 0 Å². The standard InChI is InChI=1S/C27H23N9O8S3/c28-26-30-15(12-47-26)18(34-43-6-7-45-27-33-32-22(44-27)14-8-16(37)17(38)9-29-14)21(39)31-19-23(40)36-20(25(41)42)13(11-46-24(19)36)10-35-4-2-1-3-5-35/h1-5,8-9,12,19,24H,6-7,10-11H2,(H5-,28,29,30,31,32,34,37,38,39,41,42)/p+1/t19-,24-/m1/s1. The van der Waals surface area contributed by atoms with Crippen LogP contribution in [0.15, 0.2) is 79.1 Å². The summed E-state index contributed by atoms with van der Waals surface area (Å²) in [6.07, 6.45) is 4.73. The fraction of sp³-hybridized carbons (Fsp3) is 0.222. The number of nitrogens with two attached hydrogens (primary N) is 1. The molecule has 47 heavy (non-hydrogen) atoms. The molecule has 242 valence electrons. The minimum atomic E-state index is -1.22. The molecule has 6 N–H and O–H groups in total. The number of H-pyrrole nitrogens is 1. The zero-order valence-electron chi connectivity index (χ0n) is 23.9. The number of carboxylic acid groups (broad SMARTS) is 1. The van der Waals surface area contributed by atoms with Gasteiger partial charge in [-0.15, -0.1) is 33.3 Å². The fourth-order valence-electron chi connectivity index (χ4n) is 4.62. The smallest absolute Gasteiger partial charge is 0.352 e. The van der Waals surface area contributed by atoms with Crippen molar-refractivity contribution in [1.29, 1.82) is 0 Å². The molecular formula is C27H24N9O8S3+. The number of hydrogen-bond donors (Lipinski definition) is 5. The zero-order chi connectivity index (χ0) is 33.1. The van der Waals surface area contributed by atoms with Gasteiger partial charge in [-0.25, -0.2) is 14.3 Å². The number of pyridine rings is 2. The molecule has 4 aromatic heterocycles. The van der Waals surface area contributed by atoms with Gasteiger partial charge < -0.3 is 35.5 Å². The summed E-state index contributed by atoms with van der Waals surface area (Å²) in [5, 5.41) is 35.0. The summed E-state index contributed by atoms with van der Waals surface area (Å²) >= 11 is 3.56. The van der Waals surface area contributed by atoms with E-state index in [9.17, 15) is 29.4 Å². The van der Waals surface area contributed by atoms with Crippen LogP contribution in [0.25, 0.3) is 11.6 Å². The lowest BCUT2D eigenvalue weighted by Crippen LogP contribution is -2.71. The Kier molecular flexibility index (Phi) is 9.22. The molecule has 0 radical (unpaired) electrons. The van der Waals surface area contributed by atoms with E-state index in [1.54, 1.807) is 0 Å². The van der Waals surface area contributed by atoms with E-state index in [1.807, 2.05) is 35.2 Å². The molecule has 2 aliphatic heterocycles. The highest BCUT2D eigenvalue weighted by Crippen LogP contribution is 2.40. The molecule has 2 amide bonds. The Hall–Kier alpha value is -5.21. The molecule has 0 spiro atoms. The van der Waals surface area contributed by atoms with E-state index in [0.717, 1.165) is 35.4 Å². The molecule has 1 saturated heterocycles. The van der Waals surface area contributed by atoms with Crippen LogP contribution < -0.4 is 21.0 Å². The van der Waals surface area contributed by atoms with Gasteiger partial charge in [-0.3, -0.25) is 19.3 Å². The van der Waals surface area contributed by atoms with Gasteiger partial charge in [0.25, 0.3) is 22.9 Å². The van der Waals surface area contributed by atoms with Gasteiger partial charge in [0.15, 0.2) is 35.5 Å². The molecule has 0 aromatic carbocycles. The van der Waals surface area contributed by atoms with Crippen LogP contribution in [-0.4, -0.2) is 88.3 Å². The van der Waals surface area contributed by atoms with Crippen LogP contribution in [0.3, 0.4) is 0 Å². The van der Waals surface area contributed by atoms with Gasteiger partial charge in [-0.05, 0) is 0 Å². The molecule has 0 unspecified atom stereocenters. The molecule has 17 nitrogen and oxygen atoms in total. The number of carboxylic acids is 1. The lowest BCUT2D eigenvalue weighted by molar-refractivity contribution is -0.689. The highest BCUT2D eigenvalue weighted by Gasteiger charge is 2.54. The van der Waals surface area contributed by atoms with E-state index < -0.39 is 40.4 Å². The molecule has 0 aliphatic carbocycles. The number of nitrogens with one attached hydrogen (secondary N) is 2. The second kappa shape index (κ2) is 13.6. The van der Waals surface area contributed by atoms with Crippen LogP contribution in [0.5, 0.6) is 5.75 Å². The van der Waals surface area contributed by atoms with Crippen molar-refractivity contribution in [1.82, 2.24) is 30.4 Å². The molecule has 0 bridgehead atoms. The third-order valence-corrected chi connectivity index (χ3v) is 9.55. The SMILES string of the molecule is Nc1nc(/C(=N/OCCSc2nnc(-c3cc(=O)c(O)c[nH]3)o2)C(=O)N[C@@H]2C(=O)N3C(C(=O)O)=C(C[n+]4ccccc4)CS[C@H]23)cs1. The molecule has 2 aliphatic rings. The Labute approximate surface area is 276 Å². The molecular weight excluding hydrogens is 675 g/mol. The predicted molar refractivity (Wildman–Crippen MR) is 168 cm³/mol. The van der Waals surface area contributed by atoms with Crippen molar-refractivity contribution in [2.75, 3.05) is 23.8 Å². The van der Waals surface area contributed by atoms with Crippen molar-refractivity contribution in [3.05, 3.63) is 75.4 Å². The fourth-order valence-corrected chi connectivity index (χ4v) is 7.07. The van der Waals surface area contributed by atoms with Gasteiger partial charge in [-0.1, -0.05) is 23.0 Å². The minimum absolute atomic E-state index is 0.00158. The number of amides is 2. The second-order valence-electron chi connectivity index (χ2n) is 9.83. The Balaban J connectivity index is 1.09. The number of fused-ring (bicyclic) bond motifs is 1. The normalized spacial score (nSPS) is 17.7. The van der Waals surface area contributed by atoms with Crippen molar-refractivity contribution >= 4 is 63.5 Å². The molecule has 4 aromatic rings. The summed E-state index contributed by atoms with van der Waals surface area (Å²) in [5.74, 6) is -2.32. The van der Waals surface area contributed by atoms with Crippen LogP contribution in [0.2, 0.25) is 0 Å². The summed E-state index contributed by atoms with van der Waals surface area (Å²) in [6.45, 7) is 0.298. The van der Waals surface area contributed by atoms with Gasteiger partial charge >= 0.3 is 5.97 Å². The van der Waals surface area contributed by atoms with Crippen molar-refractivity contribution in [2.45, 2.75) is 23.2 Å². The number of hydrogen-bond acceptors (Lipinski definition) is 15. The number of oxime groups is 1. The largest absolute Gasteiger partial charge is 0.503 e. The van der Waals surface area contributed by atoms with E-state index in [0.29, 0.717) is 17.9 Å². The molecule has 6 rings (SSSR count). The maximum Gasteiger partial charge on any atom is 0.352 e. The number of anilines is 1. The van der Waals surface area contributed by atoms with Gasteiger partial charge in [0.1, 0.15) is 35.1 Å².